The quantitative estimate of drug-likeness (QED) is 0.921. The summed E-state index contributed by atoms with van der Waals surface area (Å²) in [6.45, 7) is 0.840. The van der Waals surface area contributed by atoms with Gasteiger partial charge in [-0.25, -0.2) is 0 Å². The van der Waals surface area contributed by atoms with Crippen LogP contribution in [-0.2, 0) is 4.74 Å². The van der Waals surface area contributed by atoms with Crippen molar-refractivity contribution < 1.29 is 18.3 Å². The monoisotopic (exact) mass is 318 g/mol. The van der Waals surface area contributed by atoms with Crippen LogP contribution in [0, 0.1) is 10.9 Å². The SMILES string of the molecule is FC1(F)O[C](Br)c2c(NCC3CC3)cccc2O1. The highest BCUT2D eigenvalue weighted by atomic mass is 79.9. The van der Waals surface area contributed by atoms with Crippen molar-refractivity contribution in [3.05, 3.63) is 28.8 Å². The highest BCUT2D eigenvalue weighted by Crippen LogP contribution is 2.46. The number of rotatable bonds is 3. The van der Waals surface area contributed by atoms with Gasteiger partial charge in [0.1, 0.15) is 5.75 Å². The molecule has 2 aliphatic rings. The van der Waals surface area contributed by atoms with Gasteiger partial charge in [-0.1, -0.05) is 6.07 Å². The maximum absolute atomic E-state index is 13.1. The Morgan fingerprint density at radius 3 is 2.83 bits per heavy atom. The van der Waals surface area contributed by atoms with E-state index < -0.39 is 6.29 Å². The van der Waals surface area contributed by atoms with Gasteiger partial charge >= 0.3 is 6.29 Å². The lowest BCUT2D eigenvalue weighted by Gasteiger charge is -2.29. The van der Waals surface area contributed by atoms with Crippen molar-refractivity contribution >= 4 is 21.6 Å². The van der Waals surface area contributed by atoms with Gasteiger partial charge in [-0.2, -0.15) is 0 Å². The van der Waals surface area contributed by atoms with Crippen molar-refractivity contribution in [1.82, 2.24) is 0 Å². The summed E-state index contributed by atoms with van der Waals surface area (Å²) < 4.78 is 35.1. The summed E-state index contributed by atoms with van der Waals surface area (Å²) in [6.07, 6.45) is -1.18. The van der Waals surface area contributed by atoms with Gasteiger partial charge in [-0.05, 0) is 46.8 Å². The number of ether oxygens (including phenoxy) is 2. The molecule has 1 aromatic carbocycles. The minimum Gasteiger partial charge on any atom is -0.409 e. The maximum Gasteiger partial charge on any atom is 0.537 e. The molecule has 6 heteroatoms. The second-order valence-corrected chi connectivity index (χ2v) is 5.16. The molecule has 0 saturated heterocycles. The normalized spacial score (nSPS) is 22.2. The predicted molar refractivity (Wildman–Crippen MR) is 65.6 cm³/mol. The third-order valence-electron chi connectivity index (χ3n) is 2.94. The van der Waals surface area contributed by atoms with E-state index in [-0.39, 0.29) is 10.8 Å². The predicted octanol–water partition coefficient (Wildman–Crippen LogP) is 3.70. The number of fused-ring (bicyclic) bond motifs is 1. The van der Waals surface area contributed by atoms with E-state index in [4.69, 9.17) is 0 Å². The molecule has 0 amide bonds. The lowest BCUT2D eigenvalue weighted by atomic mass is 10.1. The third-order valence-corrected chi connectivity index (χ3v) is 3.50. The topological polar surface area (TPSA) is 30.5 Å². The smallest absolute Gasteiger partial charge is 0.409 e. The molecule has 0 atom stereocenters. The van der Waals surface area contributed by atoms with Crippen LogP contribution < -0.4 is 10.1 Å². The van der Waals surface area contributed by atoms with Crippen LogP contribution in [0.15, 0.2) is 18.2 Å². The van der Waals surface area contributed by atoms with Crippen LogP contribution in [-0.4, -0.2) is 12.8 Å². The van der Waals surface area contributed by atoms with Crippen LogP contribution in [0.4, 0.5) is 14.5 Å². The van der Waals surface area contributed by atoms with Gasteiger partial charge in [-0.15, -0.1) is 8.78 Å². The molecule has 0 bridgehead atoms. The molecular formula is C12H11BrF2NO2. The number of hydrogen-bond acceptors (Lipinski definition) is 3. The van der Waals surface area contributed by atoms with Gasteiger partial charge in [0.15, 0.2) is 0 Å². The Balaban J connectivity index is 1.87. The van der Waals surface area contributed by atoms with Crippen molar-refractivity contribution in [2.24, 2.45) is 5.92 Å². The number of anilines is 1. The number of alkyl halides is 2. The fraction of sp³-hybridized carbons (Fsp3) is 0.417. The Labute approximate surface area is 112 Å². The zero-order valence-corrected chi connectivity index (χ0v) is 11.0. The van der Waals surface area contributed by atoms with Crippen LogP contribution in [0.2, 0.25) is 0 Å². The Hall–Kier alpha value is -0.880. The summed E-state index contributed by atoms with van der Waals surface area (Å²) in [5.74, 6) is 0.797. The summed E-state index contributed by atoms with van der Waals surface area (Å²) in [7, 11) is 0. The van der Waals surface area contributed by atoms with Gasteiger partial charge < -0.3 is 10.1 Å². The first-order valence-corrected chi connectivity index (χ1v) is 6.50. The molecule has 1 fully saturated rings. The van der Waals surface area contributed by atoms with Crippen molar-refractivity contribution in [3.8, 4) is 5.75 Å². The van der Waals surface area contributed by atoms with Gasteiger partial charge in [0.2, 0.25) is 5.01 Å². The molecule has 18 heavy (non-hydrogen) atoms. The molecule has 0 aromatic heterocycles. The standard InChI is InChI=1S/C12H11BrF2NO2/c13-11-10-8(16-6-7-4-5-7)2-1-3-9(10)17-12(14,15)18-11/h1-3,7,16H,4-6H2. The van der Waals surface area contributed by atoms with E-state index in [2.05, 4.69) is 30.7 Å². The first-order valence-electron chi connectivity index (χ1n) is 5.71. The van der Waals surface area contributed by atoms with Crippen LogP contribution in [0.5, 0.6) is 5.75 Å². The number of halogens is 3. The summed E-state index contributed by atoms with van der Waals surface area (Å²) in [5, 5.41) is 3.23. The first kappa shape index (κ1) is 12.2. The van der Waals surface area contributed by atoms with Gasteiger partial charge in [0.05, 0.1) is 5.56 Å². The molecule has 1 aliphatic carbocycles. The van der Waals surface area contributed by atoms with E-state index in [1.165, 1.54) is 18.9 Å². The highest BCUT2D eigenvalue weighted by molar-refractivity contribution is 9.11. The van der Waals surface area contributed by atoms with E-state index in [9.17, 15) is 8.78 Å². The fourth-order valence-electron chi connectivity index (χ4n) is 1.85. The van der Waals surface area contributed by atoms with Crippen LogP contribution in [0.3, 0.4) is 0 Å². The van der Waals surface area contributed by atoms with Gasteiger partial charge in [0.25, 0.3) is 0 Å². The lowest BCUT2D eigenvalue weighted by molar-refractivity contribution is -0.347. The van der Waals surface area contributed by atoms with E-state index in [1.54, 1.807) is 6.07 Å². The first-order chi connectivity index (χ1) is 8.55. The van der Waals surface area contributed by atoms with Crippen LogP contribution >= 0.6 is 15.9 Å². The lowest BCUT2D eigenvalue weighted by Crippen LogP contribution is -2.34. The van der Waals surface area contributed by atoms with Crippen LogP contribution in [0.1, 0.15) is 18.4 Å². The molecule has 1 aliphatic heterocycles. The Morgan fingerprint density at radius 1 is 1.33 bits per heavy atom. The minimum atomic E-state index is -3.62. The summed E-state index contributed by atoms with van der Waals surface area (Å²) in [6, 6.07) is 4.99. The van der Waals surface area contributed by atoms with Crippen molar-refractivity contribution in [1.29, 1.82) is 0 Å². The zero-order valence-electron chi connectivity index (χ0n) is 9.38. The van der Waals surface area contributed by atoms with E-state index >= 15 is 0 Å². The number of benzene rings is 1. The molecular weight excluding hydrogens is 308 g/mol. The average Bonchev–Trinajstić information content (AvgIpc) is 3.07. The van der Waals surface area contributed by atoms with Crippen LogP contribution in [0.25, 0.3) is 0 Å². The van der Waals surface area contributed by atoms with Crippen molar-refractivity contribution in [2.75, 3.05) is 11.9 Å². The van der Waals surface area contributed by atoms with E-state index in [0.29, 0.717) is 11.5 Å². The van der Waals surface area contributed by atoms with Gasteiger partial charge in [0, 0.05) is 12.2 Å². The van der Waals surface area contributed by atoms with E-state index in [1.807, 2.05) is 6.07 Å². The van der Waals surface area contributed by atoms with E-state index in [0.717, 1.165) is 12.2 Å². The molecule has 1 saturated carbocycles. The Kier molecular flexibility index (Phi) is 2.94. The highest BCUT2D eigenvalue weighted by Gasteiger charge is 2.44. The number of nitrogens with one attached hydrogen (secondary N) is 1. The van der Waals surface area contributed by atoms with Gasteiger partial charge in [-0.3, -0.25) is 4.74 Å². The molecule has 1 N–H and O–H groups in total. The second kappa shape index (κ2) is 4.35. The largest absolute Gasteiger partial charge is 0.537 e. The summed E-state index contributed by atoms with van der Waals surface area (Å²) >= 11 is 3.03. The molecule has 97 valence electrons. The average molecular weight is 319 g/mol. The maximum atomic E-state index is 13.1. The molecule has 0 spiro atoms. The number of hydrogen-bond donors (Lipinski definition) is 1. The van der Waals surface area contributed by atoms with Crippen molar-refractivity contribution in [3.63, 3.8) is 0 Å². The minimum absolute atomic E-state index is 0.00681. The molecule has 1 aromatic rings. The molecule has 1 radical (unpaired) electrons. The zero-order chi connectivity index (χ0) is 12.8. The second-order valence-electron chi connectivity index (χ2n) is 4.44. The Bertz CT molecular complexity index is 465. The molecule has 0 unspecified atom stereocenters. The summed E-state index contributed by atoms with van der Waals surface area (Å²) in [4.78, 5) is 0. The Morgan fingerprint density at radius 2 is 2.11 bits per heavy atom. The third kappa shape index (κ3) is 2.44. The van der Waals surface area contributed by atoms with Crippen molar-refractivity contribution in [2.45, 2.75) is 19.1 Å². The molecule has 1 heterocycles. The molecule has 3 nitrogen and oxygen atoms in total. The molecule has 3 rings (SSSR count). The summed E-state index contributed by atoms with van der Waals surface area (Å²) in [5.41, 5.74) is 1.24. The fourth-order valence-corrected chi connectivity index (χ4v) is 2.44.